The van der Waals surface area contributed by atoms with Gasteiger partial charge in [-0.1, -0.05) is 30.3 Å². The van der Waals surface area contributed by atoms with E-state index in [-0.39, 0.29) is 31.3 Å². The van der Waals surface area contributed by atoms with Crippen LogP contribution in [0.2, 0.25) is 0 Å². The Balaban J connectivity index is 1.56. The summed E-state index contributed by atoms with van der Waals surface area (Å²) in [6.07, 6.45) is 0. The highest BCUT2D eigenvalue weighted by molar-refractivity contribution is 6.19. The number of ether oxygens (including phenoxy) is 3. The Hall–Kier alpha value is -3.28. The number of para-hydroxylation sites is 1. The van der Waals surface area contributed by atoms with E-state index in [2.05, 4.69) is 5.32 Å². The van der Waals surface area contributed by atoms with Crippen LogP contribution in [0.3, 0.4) is 0 Å². The largest absolute Gasteiger partial charge is 0.490 e. The van der Waals surface area contributed by atoms with Gasteiger partial charge in [0.25, 0.3) is 0 Å². The van der Waals surface area contributed by atoms with Gasteiger partial charge in [0.15, 0.2) is 12.2 Å². The smallest absolute Gasteiger partial charge is 0.347 e. The number of carbonyl (C=O) groups is 2. The second-order valence-electron chi connectivity index (χ2n) is 5.71. The summed E-state index contributed by atoms with van der Waals surface area (Å²) in [6, 6.07) is 16.7. The number of nitrogens with one attached hydrogen (secondary N) is 1. The van der Waals surface area contributed by atoms with Crippen molar-refractivity contribution < 1.29 is 23.8 Å². The molecule has 134 valence electrons. The normalized spacial score (nSPS) is 13.3. The molecule has 1 heterocycles. The fourth-order valence-electron chi connectivity index (χ4n) is 2.44. The van der Waals surface area contributed by atoms with Crippen molar-refractivity contribution in [2.75, 3.05) is 25.1 Å². The van der Waals surface area contributed by atoms with E-state index in [4.69, 9.17) is 14.2 Å². The molecule has 3 rings (SSSR count). The van der Waals surface area contributed by atoms with Crippen LogP contribution >= 0.6 is 0 Å². The first kappa shape index (κ1) is 17.5. The molecule has 6 nitrogen and oxygen atoms in total. The van der Waals surface area contributed by atoms with Crippen molar-refractivity contribution >= 4 is 17.4 Å². The van der Waals surface area contributed by atoms with Gasteiger partial charge >= 0.3 is 5.97 Å². The molecule has 0 radical (unpaired) electrons. The van der Waals surface area contributed by atoms with Crippen LogP contribution in [0.4, 0.5) is 5.69 Å². The monoisotopic (exact) mass is 353 g/mol. The average Bonchev–Trinajstić information content (AvgIpc) is 3.00. The summed E-state index contributed by atoms with van der Waals surface area (Å²) >= 11 is 0. The highest BCUT2D eigenvalue weighted by Crippen LogP contribution is 2.20. The highest BCUT2D eigenvalue weighted by Gasteiger charge is 2.32. The number of benzene rings is 2. The van der Waals surface area contributed by atoms with Crippen LogP contribution < -0.4 is 10.1 Å². The summed E-state index contributed by atoms with van der Waals surface area (Å²) in [4.78, 5) is 24.2. The van der Waals surface area contributed by atoms with E-state index >= 15 is 0 Å². The third kappa shape index (κ3) is 4.42. The maximum Gasteiger partial charge on any atom is 0.347 e. The fourth-order valence-corrected chi connectivity index (χ4v) is 2.44. The van der Waals surface area contributed by atoms with Crippen molar-refractivity contribution in [3.63, 3.8) is 0 Å². The molecule has 0 amide bonds. The lowest BCUT2D eigenvalue weighted by Crippen LogP contribution is -2.19. The summed E-state index contributed by atoms with van der Waals surface area (Å²) < 4.78 is 16.0. The molecule has 0 aliphatic carbocycles. The molecule has 0 saturated heterocycles. The summed E-state index contributed by atoms with van der Waals surface area (Å²) in [5, 5.41) is 2.93. The van der Waals surface area contributed by atoms with Crippen molar-refractivity contribution in [2.45, 2.75) is 6.92 Å². The predicted octanol–water partition coefficient (Wildman–Crippen LogP) is 2.84. The van der Waals surface area contributed by atoms with Gasteiger partial charge in [0.2, 0.25) is 11.7 Å². The lowest BCUT2D eigenvalue weighted by molar-refractivity contribution is -0.140. The Bertz CT molecular complexity index is 829. The molecular weight excluding hydrogens is 334 g/mol. The minimum Gasteiger partial charge on any atom is -0.490 e. The minimum absolute atomic E-state index is 0.0299. The van der Waals surface area contributed by atoms with Crippen LogP contribution in [0.15, 0.2) is 66.1 Å². The van der Waals surface area contributed by atoms with Crippen LogP contribution in [-0.2, 0) is 19.1 Å². The standard InChI is InChI=1S/C20H19NO5/c1-14-6-5-9-16(12-14)24-10-11-25-20(23)18-17(22)13-26-19(18)21-15-7-3-2-4-8-15/h2-9,12,21H,10-11,13H2,1H3. The molecule has 0 fully saturated rings. The van der Waals surface area contributed by atoms with Crippen molar-refractivity contribution in [3.8, 4) is 5.75 Å². The molecule has 0 unspecified atom stereocenters. The van der Waals surface area contributed by atoms with Crippen LogP contribution in [0.5, 0.6) is 5.75 Å². The number of esters is 1. The van der Waals surface area contributed by atoms with Crippen molar-refractivity contribution in [1.29, 1.82) is 0 Å². The Kier molecular flexibility index (Phi) is 5.53. The summed E-state index contributed by atoms with van der Waals surface area (Å²) in [6.45, 7) is 2.01. The number of rotatable bonds is 7. The molecule has 0 bridgehead atoms. The van der Waals surface area contributed by atoms with Crippen LogP contribution in [0, 0.1) is 6.92 Å². The zero-order chi connectivity index (χ0) is 18.4. The van der Waals surface area contributed by atoms with E-state index in [0.29, 0.717) is 11.4 Å². The predicted molar refractivity (Wildman–Crippen MR) is 95.7 cm³/mol. The van der Waals surface area contributed by atoms with Gasteiger partial charge in [-0.25, -0.2) is 4.79 Å². The molecule has 2 aromatic carbocycles. The second-order valence-corrected chi connectivity index (χ2v) is 5.71. The molecule has 6 heteroatoms. The average molecular weight is 353 g/mol. The van der Waals surface area contributed by atoms with Gasteiger partial charge in [0.05, 0.1) is 0 Å². The van der Waals surface area contributed by atoms with Crippen LogP contribution in [-0.4, -0.2) is 31.6 Å². The molecule has 2 aromatic rings. The van der Waals surface area contributed by atoms with E-state index in [9.17, 15) is 9.59 Å². The van der Waals surface area contributed by atoms with Crippen molar-refractivity contribution in [3.05, 3.63) is 71.6 Å². The van der Waals surface area contributed by atoms with E-state index in [0.717, 1.165) is 5.56 Å². The summed E-state index contributed by atoms with van der Waals surface area (Å²) in [7, 11) is 0. The van der Waals surface area contributed by atoms with Gasteiger partial charge < -0.3 is 19.5 Å². The molecule has 1 aliphatic rings. The van der Waals surface area contributed by atoms with E-state index in [1.165, 1.54) is 0 Å². The first-order valence-electron chi connectivity index (χ1n) is 8.22. The van der Waals surface area contributed by atoms with Crippen molar-refractivity contribution in [2.24, 2.45) is 0 Å². The lowest BCUT2D eigenvalue weighted by Gasteiger charge is -2.10. The minimum atomic E-state index is -0.723. The summed E-state index contributed by atoms with van der Waals surface area (Å²) in [5.41, 5.74) is 1.68. The molecule has 0 saturated carbocycles. The van der Waals surface area contributed by atoms with E-state index in [1.807, 2.05) is 49.4 Å². The first-order valence-corrected chi connectivity index (χ1v) is 8.22. The van der Waals surface area contributed by atoms with Crippen LogP contribution in [0.25, 0.3) is 0 Å². The second kappa shape index (κ2) is 8.20. The number of Topliss-reactive ketones (excluding diaryl/α,β-unsaturated/α-hetero) is 1. The van der Waals surface area contributed by atoms with Gasteiger partial charge in [-0.15, -0.1) is 0 Å². The Morgan fingerprint density at radius 1 is 1.12 bits per heavy atom. The quantitative estimate of drug-likeness (QED) is 0.469. The highest BCUT2D eigenvalue weighted by atomic mass is 16.6. The third-order valence-electron chi connectivity index (χ3n) is 3.66. The van der Waals surface area contributed by atoms with Gasteiger partial charge in [-0.2, -0.15) is 0 Å². The Morgan fingerprint density at radius 2 is 1.92 bits per heavy atom. The topological polar surface area (TPSA) is 73.9 Å². The maximum absolute atomic E-state index is 12.2. The molecular formula is C20H19NO5. The number of carbonyl (C=O) groups excluding carboxylic acids is 2. The molecule has 1 aliphatic heterocycles. The van der Waals surface area contributed by atoms with Gasteiger partial charge in [0.1, 0.15) is 19.0 Å². The molecule has 0 aromatic heterocycles. The number of hydrogen-bond acceptors (Lipinski definition) is 6. The molecule has 26 heavy (non-hydrogen) atoms. The fraction of sp³-hybridized carbons (Fsp3) is 0.200. The first-order chi connectivity index (χ1) is 12.6. The molecule has 0 spiro atoms. The zero-order valence-corrected chi connectivity index (χ0v) is 14.4. The Morgan fingerprint density at radius 3 is 2.69 bits per heavy atom. The number of hydrogen-bond donors (Lipinski definition) is 1. The SMILES string of the molecule is Cc1cccc(OCCOC(=O)C2=C(Nc3ccccc3)OCC2=O)c1. The number of ketones is 1. The van der Waals surface area contributed by atoms with Crippen LogP contribution in [0.1, 0.15) is 5.56 Å². The van der Waals surface area contributed by atoms with Gasteiger partial charge in [-0.05, 0) is 36.8 Å². The maximum atomic E-state index is 12.2. The van der Waals surface area contributed by atoms with E-state index < -0.39 is 11.8 Å². The number of aryl methyl sites for hydroxylation is 1. The van der Waals surface area contributed by atoms with Gasteiger partial charge in [-0.3, -0.25) is 4.79 Å². The number of anilines is 1. The summed E-state index contributed by atoms with van der Waals surface area (Å²) in [5.74, 6) is -0.315. The lowest BCUT2D eigenvalue weighted by atomic mass is 10.2. The Labute approximate surface area is 151 Å². The van der Waals surface area contributed by atoms with Crippen molar-refractivity contribution in [1.82, 2.24) is 0 Å². The zero-order valence-electron chi connectivity index (χ0n) is 14.4. The van der Waals surface area contributed by atoms with Gasteiger partial charge in [0, 0.05) is 5.69 Å². The van der Waals surface area contributed by atoms with E-state index in [1.54, 1.807) is 12.1 Å². The molecule has 1 N–H and O–H groups in total. The molecule has 0 atom stereocenters. The third-order valence-corrected chi connectivity index (χ3v) is 3.66.